The lowest BCUT2D eigenvalue weighted by Crippen LogP contribution is -2.44. The highest BCUT2D eigenvalue weighted by Gasteiger charge is 2.25. The van der Waals surface area contributed by atoms with Crippen molar-refractivity contribution in [3.05, 3.63) is 34.8 Å². The molecule has 0 bridgehead atoms. The molecule has 0 spiro atoms. The quantitative estimate of drug-likeness (QED) is 0.825. The fourth-order valence-corrected chi connectivity index (χ4v) is 3.48. The number of hydrogen-bond acceptors (Lipinski definition) is 6. The summed E-state index contributed by atoms with van der Waals surface area (Å²) in [4.78, 5) is 21.4. The van der Waals surface area contributed by atoms with E-state index in [0.717, 1.165) is 30.6 Å². The Hall–Kier alpha value is -2.35. The predicted molar refractivity (Wildman–Crippen MR) is 94.9 cm³/mol. The number of aromatic nitrogens is 2. The van der Waals surface area contributed by atoms with Crippen molar-refractivity contribution < 1.29 is 14.3 Å². The SMILES string of the molecule is COc1nccnc1OC1CCC(NC(=O)NCc2cccs2)CC1. The third kappa shape index (κ3) is 5.06. The number of hydrogen-bond donors (Lipinski definition) is 2. The second-order valence-corrected chi connectivity index (χ2v) is 6.90. The van der Waals surface area contributed by atoms with Crippen LogP contribution in [0.1, 0.15) is 30.6 Å². The Labute approximate surface area is 150 Å². The number of ether oxygens (including phenoxy) is 2. The number of urea groups is 1. The van der Waals surface area contributed by atoms with E-state index in [1.54, 1.807) is 30.8 Å². The van der Waals surface area contributed by atoms with Crippen LogP contribution in [0.5, 0.6) is 11.8 Å². The van der Waals surface area contributed by atoms with E-state index in [-0.39, 0.29) is 18.2 Å². The van der Waals surface area contributed by atoms with Gasteiger partial charge in [-0.25, -0.2) is 14.8 Å². The van der Waals surface area contributed by atoms with Crippen molar-refractivity contribution in [3.8, 4) is 11.8 Å². The van der Waals surface area contributed by atoms with Gasteiger partial charge in [-0.3, -0.25) is 0 Å². The summed E-state index contributed by atoms with van der Waals surface area (Å²) in [6.07, 6.45) is 6.69. The zero-order valence-corrected chi connectivity index (χ0v) is 14.9. The summed E-state index contributed by atoms with van der Waals surface area (Å²) >= 11 is 1.63. The standard InChI is InChI=1S/C17H22N4O3S/c1-23-15-16(19-9-8-18-15)24-13-6-4-12(5-7-13)21-17(22)20-11-14-3-2-10-25-14/h2-3,8-10,12-13H,4-7,11H2,1H3,(H2,20,21,22). The van der Waals surface area contributed by atoms with E-state index >= 15 is 0 Å². The number of amides is 2. The van der Waals surface area contributed by atoms with Crippen LogP contribution in [0.3, 0.4) is 0 Å². The van der Waals surface area contributed by atoms with Gasteiger partial charge in [0.1, 0.15) is 6.10 Å². The smallest absolute Gasteiger partial charge is 0.315 e. The first-order chi connectivity index (χ1) is 12.2. The highest BCUT2D eigenvalue weighted by Crippen LogP contribution is 2.27. The zero-order valence-electron chi connectivity index (χ0n) is 14.1. The third-order valence-electron chi connectivity index (χ3n) is 4.12. The molecule has 0 saturated heterocycles. The van der Waals surface area contributed by atoms with Crippen LogP contribution in [0.2, 0.25) is 0 Å². The molecule has 2 amide bonds. The topological polar surface area (TPSA) is 85.4 Å². The van der Waals surface area contributed by atoms with E-state index < -0.39 is 0 Å². The number of carbonyl (C=O) groups is 1. The molecular formula is C17H22N4O3S. The number of nitrogens with one attached hydrogen (secondary N) is 2. The van der Waals surface area contributed by atoms with Crippen LogP contribution in [0.15, 0.2) is 29.9 Å². The number of nitrogens with zero attached hydrogens (tertiary/aromatic N) is 2. The molecule has 2 heterocycles. The molecule has 0 aromatic carbocycles. The second kappa shape index (κ2) is 8.66. The van der Waals surface area contributed by atoms with Crippen LogP contribution in [-0.2, 0) is 6.54 Å². The summed E-state index contributed by atoms with van der Waals surface area (Å²) in [5.41, 5.74) is 0. The maximum atomic E-state index is 12.0. The summed E-state index contributed by atoms with van der Waals surface area (Å²) in [5.74, 6) is 0.825. The molecule has 0 atom stereocenters. The van der Waals surface area contributed by atoms with Gasteiger partial charge in [-0.05, 0) is 37.1 Å². The lowest BCUT2D eigenvalue weighted by atomic mass is 9.93. The molecule has 0 radical (unpaired) electrons. The Morgan fingerprint density at radius 3 is 2.68 bits per heavy atom. The molecule has 2 aromatic heterocycles. The average molecular weight is 362 g/mol. The summed E-state index contributed by atoms with van der Waals surface area (Å²) in [6.45, 7) is 0.564. The molecule has 7 nitrogen and oxygen atoms in total. The Bertz CT molecular complexity index is 672. The van der Waals surface area contributed by atoms with Gasteiger partial charge in [0, 0.05) is 23.3 Å². The minimum atomic E-state index is -0.117. The van der Waals surface area contributed by atoms with Crippen molar-refractivity contribution in [2.24, 2.45) is 0 Å². The molecule has 0 aliphatic heterocycles. The maximum Gasteiger partial charge on any atom is 0.315 e. The van der Waals surface area contributed by atoms with Crippen LogP contribution in [0.25, 0.3) is 0 Å². The molecule has 25 heavy (non-hydrogen) atoms. The highest BCUT2D eigenvalue weighted by molar-refractivity contribution is 7.09. The summed E-state index contributed by atoms with van der Waals surface area (Å²) < 4.78 is 11.1. The Balaban J connectivity index is 1.40. The molecule has 1 aliphatic rings. The van der Waals surface area contributed by atoms with Crippen LogP contribution in [0, 0.1) is 0 Å². The van der Waals surface area contributed by atoms with Gasteiger partial charge < -0.3 is 20.1 Å². The van der Waals surface area contributed by atoms with Crippen molar-refractivity contribution >= 4 is 17.4 Å². The van der Waals surface area contributed by atoms with Gasteiger partial charge in [0.05, 0.1) is 13.7 Å². The minimum Gasteiger partial charge on any atom is -0.477 e. The molecule has 8 heteroatoms. The van der Waals surface area contributed by atoms with E-state index in [9.17, 15) is 4.79 Å². The van der Waals surface area contributed by atoms with Crippen molar-refractivity contribution in [3.63, 3.8) is 0 Å². The van der Waals surface area contributed by atoms with E-state index in [4.69, 9.17) is 9.47 Å². The van der Waals surface area contributed by atoms with Crippen molar-refractivity contribution in [2.45, 2.75) is 44.4 Å². The zero-order chi connectivity index (χ0) is 17.5. The summed E-state index contributed by atoms with van der Waals surface area (Å²) in [7, 11) is 1.55. The van der Waals surface area contributed by atoms with Crippen LogP contribution >= 0.6 is 11.3 Å². The molecule has 1 saturated carbocycles. The molecule has 1 aliphatic carbocycles. The first kappa shape index (κ1) is 17.5. The molecule has 2 N–H and O–H groups in total. The first-order valence-corrected chi connectivity index (χ1v) is 9.21. The van der Waals surface area contributed by atoms with Crippen LogP contribution < -0.4 is 20.1 Å². The van der Waals surface area contributed by atoms with Gasteiger partial charge >= 0.3 is 6.03 Å². The fraction of sp³-hybridized carbons (Fsp3) is 0.471. The van der Waals surface area contributed by atoms with Gasteiger partial charge in [-0.15, -0.1) is 11.3 Å². The molecule has 134 valence electrons. The highest BCUT2D eigenvalue weighted by atomic mass is 32.1. The number of methoxy groups -OCH3 is 1. The number of thiophene rings is 1. The molecule has 2 aromatic rings. The second-order valence-electron chi connectivity index (χ2n) is 5.87. The van der Waals surface area contributed by atoms with Gasteiger partial charge in [-0.1, -0.05) is 6.07 Å². The predicted octanol–water partition coefficient (Wildman–Crippen LogP) is 2.74. The largest absolute Gasteiger partial charge is 0.477 e. The van der Waals surface area contributed by atoms with E-state index in [2.05, 4.69) is 20.6 Å². The molecule has 0 unspecified atom stereocenters. The normalized spacial score (nSPS) is 19.9. The molecular weight excluding hydrogens is 340 g/mol. The van der Waals surface area contributed by atoms with E-state index in [1.165, 1.54) is 0 Å². The van der Waals surface area contributed by atoms with Crippen LogP contribution in [0.4, 0.5) is 4.79 Å². The van der Waals surface area contributed by atoms with Gasteiger partial charge in [0.2, 0.25) is 0 Å². The van der Waals surface area contributed by atoms with Gasteiger partial charge in [0.25, 0.3) is 11.8 Å². The Morgan fingerprint density at radius 1 is 1.24 bits per heavy atom. The number of carbonyl (C=O) groups excluding carboxylic acids is 1. The summed E-state index contributed by atoms with van der Waals surface area (Å²) in [5, 5.41) is 7.93. The maximum absolute atomic E-state index is 12.0. The monoisotopic (exact) mass is 362 g/mol. The van der Waals surface area contributed by atoms with E-state index in [0.29, 0.717) is 18.3 Å². The number of rotatable bonds is 6. The molecule has 1 fully saturated rings. The lowest BCUT2D eigenvalue weighted by molar-refractivity contribution is 0.129. The molecule has 3 rings (SSSR count). The van der Waals surface area contributed by atoms with Crippen molar-refractivity contribution in [1.82, 2.24) is 20.6 Å². The summed E-state index contributed by atoms with van der Waals surface area (Å²) in [6, 6.07) is 4.04. The average Bonchev–Trinajstić information content (AvgIpc) is 3.16. The Kier molecular flexibility index (Phi) is 6.05. The lowest BCUT2D eigenvalue weighted by Gasteiger charge is -2.29. The fourth-order valence-electron chi connectivity index (χ4n) is 2.83. The first-order valence-electron chi connectivity index (χ1n) is 8.33. The minimum absolute atomic E-state index is 0.0674. The van der Waals surface area contributed by atoms with E-state index in [1.807, 2.05) is 17.5 Å². The van der Waals surface area contributed by atoms with Crippen molar-refractivity contribution in [1.29, 1.82) is 0 Å². The van der Waals surface area contributed by atoms with Gasteiger partial charge in [-0.2, -0.15) is 0 Å². The third-order valence-corrected chi connectivity index (χ3v) is 4.99. The van der Waals surface area contributed by atoms with Crippen LogP contribution in [-0.4, -0.2) is 35.3 Å². The van der Waals surface area contributed by atoms with Gasteiger partial charge in [0.15, 0.2) is 0 Å². The Morgan fingerprint density at radius 2 is 2.00 bits per heavy atom. The van der Waals surface area contributed by atoms with Crippen molar-refractivity contribution in [2.75, 3.05) is 7.11 Å².